The van der Waals surface area contributed by atoms with Gasteiger partial charge in [-0.15, -0.1) is 0 Å². The van der Waals surface area contributed by atoms with Crippen molar-refractivity contribution in [3.05, 3.63) is 0 Å². The molecule has 0 saturated heterocycles. The Morgan fingerprint density at radius 2 is 1.47 bits per heavy atom. The summed E-state index contributed by atoms with van der Waals surface area (Å²) in [7, 11) is 2.24. The highest BCUT2D eigenvalue weighted by Gasteiger charge is 2.16. The summed E-state index contributed by atoms with van der Waals surface area (Å²) in [6.07, 6.45) is 1.28. The van der Waals surface area contributed by atoms with E-state index in [2.05, 4.69) is 58.8 Å². The second-order valence-corrected chi connectivity index (χ2v) is 5.56. The summed E-state index contributed by atoms with van der Waals surface area (Å²) in [4.78, 5) is 2.48. The number of hydrogen-bond acceptors (Lipinski definition) is 2. The number of likely N-dealkylation sites (N-methyl/N-ethyl adjacent to an activating group) is 1. The maximum Gasteiger partial charge on any atom is 0.0192 e. The van der Waals surface area contributed by atoms with Gasteiger partial charge < -0.3 is 5.32 Å². The molecule has 0 aromatic rings. The molecule has 0 amide bonds. The minimum atomic E-state index is 0.584. The van der Waals surface area contributed by atoms with Crippen molar-refractivity contribution in [2.75, 3.05) is 13.6 Å². The average molecular weight is 214 g/mol. The molecule has 0 rings (SSSR count). The monoisotopic (exact) mass is 214 g/mol. The fourth-order valence-corrected chi connectivity index (χ4v) is 1.83. The molecule has 0 aromatic heterocycles. The maximum absolute atomic E-state index is 3.49. The second kappa shape index (κ2) is 7.24. The summed E-state index contributed by atoms with van der Waals surface area (Å²) >= 11 is 0. The Morgan fingerprint density at radius 1 is 0.933 bits per heavy atom. The Hall–Kier alpha value is -0.0800. The number of nitrogens with one attached hydrogen (secondary N) is 1. The first-order chi connectivity index (χ1) is 6.84. The van der Waals surface area contributed by atoms with Crippen LogP contribution in [-0.4, -0.2) is 36.6 Å². The molecule has 15 heavy (non-hydrogen) atoms. The van der Waals surface area contributed by atoms with Crippen molar-refractivity contribution in [1.29, 1.82) is 0 Å². The lowest BCUT2D eigenvalue weighted by Gasteiger charge is -2.32. The highest BCUT2D eigenvalue weighted by atomic mass is 15.2. The number of rotatable bonds is 7. The summed E-state index contributed by atoms with van der Waals surface area (Å²) in [5, 5.41) is 3.49. The van der Waals surface area contributed by atoms with Gasteiger partial charge in [0.05, 0.1) is 0 Å². The van der Waals surface area contributed by atoms with Crippen LogP contribution in [0.2, 0.25) is 0 Å². The zero-order valence-electron chi connectivity index (χ0n) is 11.7. The van der Waals surface area contributed by atoms with Crippen LogP contribution in [0.4, 0.5) is 0 Å². The molecule has 2 heteroatoms. The van der Waals surface area contributed by atoms with Crippen LogP contribution in [0.25, 0.3) is 0 Å². The third kappa shape index (κ3) is 6.91. The zero-order chi connectivity index (χ0) is 12.0. The fourth-order valence-electron chi connectivity index (χ4n) is 1.83. The molecule has 0 aliphatic heterocycles. The van der Waals surface area contributed by atoms with Crippen molar-refractivity contribution >= 4 is 0 Å². The standard InChI is InChI=1S/C13H30N2/c1-10(2)8-12(5)15(7)13(6)9-14-11(3)4/h10-14H,8-9H2,1-7H3. The van der Waals surface area contributed by atoms with Crippen LogP contribution in [-0.2, 0) is 0 Å². The predicted octanol–water partition coefficient (Wildman–Crippen LogP) is 2.74. The molecule has 0 aliphatic rings. The van der Waals surface area contributed by atoms with Crippen LogP contribution in [0.15, 0.2) is 0 Å². The van der Waals surface area contributed by atoms with E-state index in [1.165, 1.54) is 6.42 Å². The molecule has 0 aromatic carbocycles. The lowest BCUT2D eigenvalue weighted by molar-refractivity contribution is 0.170. The van der Waals surface area contributed by atoms with Crippen LogP contribution in [0, 0.1) is 5.92 Å². The maximum atomic E-state index is 3.49. The van der Waals surface area contributed by atoms with Crippen molar-refractivity contribution in [3.8, 4) is 0 Å². The fraction of sp³-hybridized carbons (Fsp3) is 1.00. The van der Waals surface area contributed by atoms with Gasteiger partial charge in [0.15, 0.2) is 0 Å². The first-order valence-electron chi connectivity index (χ1n) is 6.29. The largest absolute Gasteiger partial charge is 0.313 e. The topological polar surface area (TPSA) is 15.3 Å². The molecule has 0 saturated carbocycles. The van der Waals surface area contributed by atoms with Crippen molar-refractivity contribution in [3.63, 3.8) is 0 Å². The van der Waals surface area contributed by atoms with Crippen molar-refractivity contribution < 1.29 is 0 Å². The minimum Gasteiger partial charge on any atom is -0.313 e. The van der Waals surface area contributed by atoms with E-state index in [4.69, 9.17) is 0 Å². The molecule has 0 heterocycles. The van der Waals surface area contributed by atoms with Crippen molar-refractivity contribution in [1.82, 2.24) is 10.2 Å². The highest BCUT2D eigenvalue weighted by Crippen LogP contribution is 2.11. The van der Waals surface area contributed by atoms with Gasteiger partial charge in [0, 0.05) is 24.7 Å². The van der Waals surface area contributed by atoms with Gasteiger partial charge in [0.1, 0.15) is 0 Å². The van der Waals surface area contributed by atoms with Crippen LogP contribution in [0.3, 0.4) is 0 Å². The van der Waals surface area contributed by atoms with E-state index in [0.717, 1.165) is 12.5 Å². The lowest BCUT2D eigenvalue weighted by Crippen LogP contribution is -2.44. The summed E-state index contributed by atoms with van der Waals surface area (Å²) in [6.45, 7) is 14.7. The van der Waals surface area contributed by atoms with E-state index in [-0.39, 0.29) is 0 Å². The molecule has 2 nitrogen and oxygen atoms in total. The first kappa shape index (κ1) is 14.9. The number of nitrogens with zero attached hydrogens (tertiary/aromatic N) is 1. The van der Waals surface area contributed by atoms with E-state index in [1.54, 1.807) is 0 Å². The van der Waals surface area contributed by atoms with E-state index < -0.39 is 0 Å². The van der Waals surface area contributed by atoms with Gasteiger partial charge in [-0.25, -0.2) is 0 Å². The Bertz CT molecular complexity index is 155. The molecule has 0 fully saturated rings. The zero-order valence-corrected chi connectivity index (χ0v) is 11.7. The normalized spacial score (nSPS) is 16.4. The second-order valence-electron chi connectivity index (χ2n) is 5.56. The van der Waals surface area contributed by atoms with Crippen LogP contribution >= 0.6 is 0 Å². The van der Waals surface area contributed by atoms with Gasteiger partial charge in [0.25, 0.3) is 0 Å². The quantitative estimate of drug-likeness (QED) is 0.701. The van der Waals surface area contributed by atoms with Crippen LogP contribution < -0.4 is 5.32 Å². The molecule has 0 aliphatic carbocycles. The lowest BCUT2D eigenvalue weighted by atomic mass is 10.0. The molecule has 2 unspecified atom stereocenters. The Morgan fingerprint density at radius 3 is 1.87 bits per heavy atom. The van der Waals surface area contributed by atoms with Crippen LogP contribution in [0.5, 0.6) is 0 Å². The molecular formula is C13H30N2. The van der Waals surface area contributed by atoms with Crippen molar-refractivity contribution in [2.24, 2.45) is 5.92 Å². The van der Waals surface area contributed by atoms with E-state index >= 15 is 0 Å². The Kier molecular flexibility index (Phi) is 7.20. The van der Waals surface area contributed by atoms with Gasteiger partial charge in [-0.05, 0) is 33.2 Å². The van der Waals surface area contributed by atoms with Gasteiger partial charge in [0.2, 0.25) is 0 Å². The summed E-state index contributed by atoms with van der Waals surface area (Å²) in [6, 6.07) is 1.87. The van der Waals surface area contributed by atoms with Crippen molar-refractivity contribution in [2.45, 2.75) is 66.1 Å². The molecular weight excluding hydrogens is 184 g/mol. The average Bonchev–Trinajstić information content (AvgIpc) is 2.11. The molecule has 1 N–H and O–H groups in total. The van der Waals surface area contributed by atoms with E-state index in [1.807, 2.05) is 0 Å². The van der Waals surface area contributed by atoms with Gasteiger partial charge in [-0.2, -0.15) is 0 Å². The van der Waals surface area contributed by atoms with E-state index in [9.17, 15) is 0 Å². The van der Waals surface area contributed by atoms with Gasteiger partial charge in [-0.3, -0.25) is 4.90 Å². The molecule has 2 atom stereocenters. The number of hydrogen-bond donors (Lipinski definition) is 1. The molecule has 92 valence electrons. The van der Waals surface area contributed by atoms with Crippen LogP contribution in [0.1, 0.15) is 48.0 Å². The predicted molar refractivity (Wildman–Crippen MR) is 69.3 cm³/mol. The molecule has 0 radical (unpaired) electrons. The third-order valence-electron chi connectivity index (χ3n) is 3.02. The van der Waals surface area contributed by atoms with Gasteiger partial charge >= 0.3 is 0 Å². The highest BCUT2D eigenvalue weighted by molar-refractivity contribution is 4.73. The summed E-state index contributed by atoms with van der Waals surface area (Å²) in [5.74, 6) is 0.785. The summed E-state index contributed by atoms with van der Waals surface area (Å²) < 4.78 is 0. The smallest absolute Gasteiger partial charge is 0.0192 e. The third-order valence-corrected chi connectivity index (χ3v) is 3.02. The Balaban J connectivity index is 3.90. The SMILES string of the molecule is CC(C)CC(C)N(C)C(C)CNC(C)C. The minimum absolute atomic E-state index is 0.584. The molecule has 0 spiro atoms. The Labute approximate surface area is 96.4 Å². The summed E-state index contributed by atoms with van der Waals surface area (Å²) in [5.41, 5.74) is 0. The molecule has 0 bridgehead atoms. The van der Waals surface area contributed by atoms with E-state index in [0.29, 0.717) is 18.1 Å². The van der Waals surface area contributed by atoms with Gasteiger partial charge in [-0.1, -0.05) is 27.7 Å². The first-order valence-corrected chi connectivity index (χ1v) is 6.29.